The number of benzene rings is 1. The highest BCUT2D eigenvalue weighted by atomic mass is 35.5. The molecule has 1 aromatic rings. The fourth-order valence-corrected chi connectivity index (χ4v) is 2.46. The van der Waals surface area contributed by atoms with Crippen molar-refractivity contribution in [2.24, 2.45) is 0 Å². The van der Waals surface area contributed by atoms with Crippen molar-refractivity contribution in [3.05, 3.63) is 34.3 Å². The van der Waals surface area contributed by atoms with E-state index in [0.29, 0.717) is 6.04 Å². The number of rotatable bonds is 2. The topological polar surface area (TPSA) is 15.3 Å². The van der Waals surface area contributed by atoms with Gasteiger partial charge in [-0.3, -0.25) is 4.90 Å². The number of piperazine rings is 1. The van der Waals surface area contributed by atoms with Crippen molar-refractivity contribution in [2.45, 2.75) is 26.4 Å². The van der Waals surface area contributed by atoms with Gasteiger partial charge in [0, 0.05) is 37.2 Å². The lowest BCUT2D eigenvalue weighted by molar-refractivity contribution is 0.199. The smallest absolute Gasteiger partial charge is 0.0408 e. The maximum atomic E-state index is 5.96. The van der Waals surface area contributed by atoms with Gasteiger partial charge < -0.3 is 5.32 Å². The summed E-state index contributed by atoms with van der Waals surface area (Å²) in [6.45, 7) is 8.75. The Labute approximate surface area is 115 Å². The Hall–Kier alpha value is -0.280. The van der Waals surface area contributed by atoms with Gasteiger partial charge in [0.15, 0.2) is 0 Å². The summed E-state index contributed by atoms with van der Waals surface area (Å²) in [5.74, 6) is 0. The second-order valence-electron chi connectivity index (χ2n) is 4.66. The highest BCUT2D eigenvalue weighted by Crippen LogP contribution is 2.17. The predicted molar refractivity (Wildman–Crippen MR) is 76.2 cm³/mol. The Kier molecular flexibility index (Phi) is 5.74. The Morgan fingerprint density at radius 3 is 2.88 bits per heavy atom. The highest BCUT2D eigenvalue weighted by molar-refractivity contribution is 6.30. The largest absolute Gasteiger partial charge is 0.312 e. The monoisotopic (exact) mass is 274 g/mol. The number of hydrogen-bond acceptors (Lipinski definition) is 2. The molecule has 1 aliphatic rings. The van der Waals surface area contributed by atoms with Crippen molar-refractivity contribution in [3.63, 3.8) is 0 Å². The minimum absolute atomic E-state index is 0. The first kappa shape index (κ1) is 14.8. The molecular weight excluding hydrogens is 255 g/mol. The van der Waals surface area contributed by atoms with Gasteiger partial charge in [0.05, 0.1) is 0 Å². The standard InChI is InChI=1S/C13H19ClN2.ClH/c1-10-7-13(14)4-3-12(10)9-16-6-5-15-11(2)8-16;/h3-4,7,11,15H,5-6,8-9H2,1-2H3;1H/t11-;/m1./s1. The van der Waals surface area contributed by atoms with Crippen LogP contribution in [0.4, 0.5) is 0 Å². The third-order valence-electron chi connectivity index (χ3n) is 3.15. The average molecular weight is 275 g/mol. The van der Waals surface area contributed by atoms with Gasteiger partial charge in [-0.2, -0.15) is 0 Å². The van der Waals surface area contributed by atoms with Crippen molar-refractivity contribution in [2.75, 3.05) is 19.6 Å². The molecule has 17 heavy (non-hydrogen) atoms. The van der Waals surface area contributed by atoms with Crippen molar-refractivity contribution in [1.82, 2.24) is 10.2 Å². The molecule has 0 radical (unpaired) electrons. The van der Waals surface area contributed by atoms with Gasteiger partial charge in [0.1, 0.15) is 0 Å². The Bertz CT molecular complexity index is 368. The van der Waals surface area contributed by atoms with Gasteiger partial charge in [-0.05, 0) is 37.1 Å². The number of aryl methyl sites for hydroxylation is 1. The van der Waals surface area contributed by atoms with Crippen molar-refractivity contribution in [3.8, 4) is 0 Å². The Morgan fingerprint density at radius 1 is 1.47 bits per heavy atom. The first-order valence-corrected chi connectivity index (χ1v) is 6.24. The molecule has 1 saturated heterocycles. The van der Waals surface area contributed by atoms with Crippen LogP contribution < -0.4 is 5.32 Å². The summed E-state index contributed by atoms with van der Waals surface area (Å²) in [4.78, 5) is 2.50. The summed E-state index contributed by atoms with van der Waals surface area (Å²) in [5, 5.41) is 4.29. The maximum Gasteiger partial charge on any atom is 0.0408 e. The Morgan fingerprint density at radius 2 is 2.24 bits per heavy atom. The van der Waals surface area contributed by atoms with E-state index in [9.17, 15) is 0 Å². The summed E-state index contributed by atoms with van der Waals surface area (Å²) in [6, 6.07) is 6.77. The van der Waals surface area contributed by atoms with Crippen LogP contribution in [0.15, 0.2) is 18.2 Å². The molecule has 0 amide bonds. The van der Waals surface area contributed by atoms with Crippen LogP contribution in [0.2, 0.25) is 5.02 Å². The fourth-order valence-electron chi connectivity index (χ4n) is 2.23. The summed E-state index contributed by atoms with van der Waals surface area (Å²) < 4.78 is 0. The average Bonchev–Trinajstić information content (AvgIpc) is 2.22. The molecule has 0 aliphatic carbocycles. The number of hydrogen-bond donors (Lipinski definition) is 1. The van der Waals surface area contributed by atoms with Crippen molar-refractivity contribution >= 4 is 24.0 Å². The van der Waals surface area contributed by atoms with E-state index in [0.717, 1.165) is 31.2 Å². The minimum Gasteiger partial charge on any atom is -0.312 e. The molecule has 1 fully saturated rings. The molecule has 1 atom stereocenters. The van der Waals surface area contributed by atoms with Crippen LogP contribution in [0.25, 0.3) is 0 Å². The Balaban J connectivity index is 0.00000144. The minimum atomic E-state index is 0. The number of nitrogens with zero attached hydrogens (tertiary/aromatic N) is 1. The lowest BCUT2D eigenvalue weighted by Gasteiger charge is -2.32. The molecule has 0 saturated carbocycles. The van der Waals surface area contributed by atoms with Crippen molar-refractivity contribution in [1.29, 1.82) is 0 Å². The first-order valence-electron chi connectivity index (χ1n) is 5.86. The summed E-state index contributed by atoms with van der Waals surface area (Å²) >= 11 is 5.96. The van der Waals surface area contributed by atoms with E-state index in [1.54, 1.807) is 0 Å². The molecule has 96 valence electrons. The summed E-state index contributed by atoms with van der Waals surface area (Å²) in [6.07, 6.45) is 0. The van der Waals surface area contributed by atoms with Gasteiger partial charge in [-0.15, -0.1) is 12.4 Å². The second kappa shape index (κ2) is 6.60. The lowest BCUT2D eigenvalue weighted by atomic mass is 10.1. The van der Waals surface area contributed by atoms with Crippen LogP contribution >= 0.6 is 24.0 Å². The van der Waals surface area contributed by atoms with Crippen LogP contribution in [0, 0.1) is 6.92 Å². The highest BCUT2D eigenvalue weighted by Gasteiger charge is 2.15. The quantitative estimate of drug-likeness (QED) is 0.892. The van der Waals surface area contributed by atoms with E-state index in [4.69, 9.17) is 11.6 Å². The predicted octanol–water partition coefficient (Wildman–Crippen LogP) is 2.86. The van der Waals surface area contributed by atoms with Crippen LogP contribution in [-0.2, 0) is 6.54 Å². The third kappa shape index (κ3) is 4.14. The molecule has 0 spiro atoms. The van der Waals surface area contributed by atoms with Gasteiger partial charge in [-0.1, -0.05) is 17.7 Å². The lowest BCUT2D eigenvalue weighted by Crippen LogP contribution is -2.48. The summed E-state index contributed by atoms with van der Waals surface area (Å²) in [5.41, 5.74) is 2.68. The normalized spacial score (nSPS) is 21.0. The molecule has 0 bridgehead atoms. The third-order valence-corrected chi connectivity index (χ3v) is 3.39. The van der Waals surface area contributed by atoms with Gasteiger partial charge in [-0.25, -0.2) is 0 Å². The van der Waals surface area contributed by atoms with Crippen LogP contribution in [0.3, 0.4) is 0 Å². The van der Waals surface area contributed by atoms with Gasteiger partial charge in [0.2, 0.25) is 0 Å². The zero-order valence-corrected chi connectivity index (χ0v) is 11.9. The molecule has 2 rings (SSSR count). The van der Waals surface area contributed by atoms with E-state index in [1.165, 1.54) is 11.1 Å². The van der Waals surface area contributed by atoms with Crippen LogP contribution in [0.5, 0.6) is 0 Å². The molecule has 4 heteroatoms. The summed E-state index contributed by atoms with van der Waals surface area (Å²) in [7, 11) is 0. The first-order chi connectivity index (χ1) is 7.65. The number of halogens is 2. The van der Waals surface area contributed by atoms with Crippen molar-refractivity contribution < 1.29 is 0 Å². The molecule has 1 heterocycles. The van der Waals surface area contributed by atoms with E-state index >= 15 is 0 Å². The van der Waals surface area contributed by atoms with Gasteiger partial charge in [0.25, 0.3) is 0 Å². The van der Waals surface area contributed by atoms with Crippen LogP contribution in [0.1, 0.15) is 18.1 Å². The molecule has 0 unspecified atom stereocenters. The van der Waals surface area contributed by atoms with E-state index < -0.39 is 0 Å². The SMILES string of the molecule is Cc1cc(Cl)ccc1CN1CCN[C@H](C)C1.Cl. The molecule has 1 aliphatic heterocycles. The maximum absolute atomic E-state index is 5.96. The molecule has 1 aromatic carbocycles. The van der Waals surface area contributed by atoms with E-state index in [2.05, 4.69) is 30.1 Å². The molecular formula is C13H20Cl2N2. The van der Waals surface area contributed by atoms with E-state index in [1.807, 2.05) is 12.1 Å². The molecule has 0 aromatic heterocycles. The van der Waals surface area contributed by atoms with E-state index in [-0.39, 0.29) is 12.4 Å². The second-order valence-corrected chi connectivity index (χ2v) is 5.10. The molecule has 2 nitrogen and oxygen atoms in total. The number of nitrogens with one attached hydrogen (secondary N) is 1. The molecule has 1 N–H and O–H groups in total. The zero-order valence-electron chi connectivity index (χ0n) is 10.4. The van der Waals surface area contributed by atoms with Gasteiger partial charge >= 0.3 is 0 Å². The zero-order chi connectivity index (χ0) is 11.5. The van der Waals surface area contributed by atoms with Crippen LogP contribution in [-0.4, -0.2) is 30.6 Å². The fraction of sp³-hybridized carbons (Fsp3) is 0.538.